The standard InChI is InChI=1S/C36H36ClF6N9O3/c1-33(2,3)17-35(21-7-4-19(5-8-21)23-15-50(22-9-10-22)49-28(23)40)30(53)51(31(44)47-35)26(16-55-32(54)48-34(12-13-34)36(41,42)43)20-6-11-24(37)25(14-20)52-29(27(38)39)45-18-46-52/h4-8,11,14-15,18,22,26-27H,9-10,12-13,16-17H2,1-3H3,(H2,44,47)(H,48,54)/t26-,35?/m1/s1. The SMILES string of the molecule is CC(C)(C)CC1(c2ccc(-c3cn(C4CC4)nc3F)cc2)N=C(N)N([C@H](COC(=O)NC2(C(F)(F)F)CC2)c2ccc(Cl)c(-n3ncnc3C(F)F)c2)C1=O. The van der Waals surface area contributed by atoms with E-state index in [0.29, 0.717) is 11.1 Å². The lowest BCUT2D eigenvalue weighted by molar-refractivity contribution is -0.164. The molecule has 0 bridgehead atoms. The number of rotatable bonds is 11. The molecule has 55 heavy (non-hydrogen) atoms. The summed E-state index contributed by atoms with van der Waals surface area (Å²) in [6.45, 7) is 4.92. The normalized spacial score (nSPS) is 20.2. The molecule has 1 unspecified atom stereocenters. The number of nitrogens with two attached hydrogens (primary N) is 1. The number of nitrogens with one attached hydrogen (secondary N) is 1. The third-order valence-electron chi connectivity index (χ3n) is 9.86. The van der Waals surface area contributed by atoms with Crippen LogP contribution in [0.1, 0.15) is 88.3 Å². The van der Waals surface area contributed by atoms with E-state index in [-0.39, 0.29) is 53.1 Å². The number of hydrogen-bond donors (Lipinski definition) is 2. The van der Waals surface area contributed by atoms with Crippen molar-refractivity contribution in [3.05, 3.63) is 82.9 Å². The van der Waals surface area contributed by atoms with Crippen molar-refractivity contribution in [2.24, 2.45) is 16.1 Å². The molecule has 0 spiro atoms. The van der Waals surface area contributed by atoms with E-state index in [0.717, 1.165) is 28.8 Å². The van der Waals surface area contributed by atoms with Gasteiger partial charge in [-0.1, -0.05) is 62.7 Å². The van der Waals surface area contributed by atoms with Gasteiger partial charge in [-0.15, -0.1) is 5.10 Å². The molecule has 0 saturated heterocycles. The Kier molecular flexibility index (Phi) is 9.41. The van der Waals surface area contributed by atoms with Gasteiger partial charge in [0.05, 0.1) is 28.4 Å². The Morgan fingerprint density at radius 1 is 1.11 bits per heavy atom. The van der Waals surface area contributed by atoms with Crippen LogP contribution in [0.15, 0.2) is 60.0 Å². The van der Waals surface area contributed by atoms with Gasteiger partial charge in [-0.3, -0.25) is 14.4 Å². The minimum Gasteiger partial charge on any atom is -0.447 e. The maximum absolute atomic E-state index is 15.0. The first kappa shape index (κ1) is 38.2. The number of amides is 2. The number of aromatic nitrogens is 5. The number of halogens is 7. The Hall–Kier alpha value is -5.13. The summed E-state index contributed by atoms with van der Waals surface area (Å²) in [6, 6.07) is 9.40. The van der Waals surface area contributed by atoms with Gasteiger partial charge in [-0.25, -0.2) is 28.2 Å². The fraction of sp³-hybridized carbons (Fsp3) is 0.444. The molecule has 292 valence electrons. The Morgan fingerprint density at radius 2 is 1.80 bits per heavy atom. The highest BCUT2D eigenvalue weighted by Gasteiger charge is 2.64. The zero-order valence-electron chi connectivity index (χ0n) is 29.7. The van der Waals surface area contributed by atoms with Crippen molar-refractivity contribution in [1.82, 2.24) is 34.8 Å². The monoisotopic (exact) mass is 791 g/mol. The molecule has 2 aromatic heterocycles. The number of carbonyl (C=O) groups is 2. The molecule has 2 aromatic carbocycles. The van der Waals surface area contributed by atoms with E-state index in [4.69, 9.17) is 27.1 Å². The van der Waals surface area contributed by atoms with Crippen LogP contribution in [0.4, 0.5) is 31.1 Å². The molecule has 2 aliphatic carbocycles. The minimum atomic E-state index is -4.73. The number of guanidine groups is 1. The van der Waals surface area contributed by atoms with Crippen LogP contribution >= 0.6 is 11.6 Å². The number of ether oxygens (including phenoxy) is 1. The first-order valence-electron chi connectivity index (χ1n) is 17.4. The van der Waals surface area contributed by atoms with Gasteiger partial charge >= 0.3 is 12.3 Å². The van der Waals surface area contributed by atoms with E-state index < -0.39 is 65.5 Å². The summed E-state index contributed by atoms with van der Waals surface area (Å²) in [7, 11) is 0. The second-order valence-electron chi connectivity index (χ2n) is 15.2. The second kappa shape index (κ2) is 13.6. The van der Waals surface area contributed by atoms with Gasteiger partial charge in [0, 0.05) is 6.20 Å². The number of alkyl carbamates (subject to hydrolysis) is 1. The molecule has 3 N–H and O–H groups in total. The molecule has 0 radical (unpaired) electrons. The quantitative estimate of drug-likeness (QED) is 0.149. The summed E-state index contributed by atoms with van der Waals surface area (Å²) in [6.07, 6.45) is -5.40. The zero-order chi connectivity index (χ0) is 39.7. The van der Waals surface area contributed by atoms with Crippen LogP contribution in [-0.2, 0) is 15.1 Å². The lowest BCUT2D eigenvalue weighted by Gasteiger charge is -2.35. The Bertz CT molecular complexity index is 2160. The molecular weight excluding hydrogens is 756 g/mol. The third kappa shape index (κ3) is 7.23. The summed E-state index contributed by atoms with van der Waals surface area (Å²) >= 11 is 6.43. The van der Waals surface area contributed by atoms with Crippen LogP contribution in [0, 0.1) is 11.4 Å². The molecule has 3 heterocycles. The van der Waals surface area contributed by atoms with Gasteiger partial charge in [0.25, 0.3) is 12.3 Å². The molecular formula is C36H36ClF6N9O3. The van der Waals surface area contributed by atoms with E-state index in [1.54, 1.807) is 35.1 Å². The first-order valence-corrected chi connectivity index (χ1v) is 17.7. The predicted octanol–water partition coefficient (Wildman–Crippen LogP) is 7.55. The number of alkyl halides is 5. The lowest BCUT2D eigenvalue weighted by atomic mass is 9.75. The van der Waals surface area contributed by atoms with E-state index in [1.165, 1.54) is 18.2 Å². The molecule has 2 saturated carbocycles. The Labute approximate surface area is 315 Å². The summed E-state index contributed by atoms with van der Waals surface area (Å²) in [5.41, 5.74) is 3.13. The van der Waals surface area contributed by atoms with Crippen molar-refractivity contribution in [2.45, 2.75) is 88.6 Å². The Morgan fingerprint density at radius 3 is 2.40 bits per heavy atom. The van der Waals surface area contributed by atoms with E-state index in [1.807, 2.05) is 26.1 Å². The van der Waals surface area contributed by atoms with Gasteiger partial charge in [0.15, 0.2) is 17.3 Å². The van der Waals surface area contributed by atoms with Crippen LogP contribution in [0.3, 0.4) is 0 Å². The molecule has 2 amide bonds. The summed E-state index contributed by atoms with van der Waals surface area (Å²) in [4.78, 5) is 37.2. The summed E-state index contributed by atoms with van der Waals surface area (Å²) in [5.74, 6) is -2.37. The minimum absolute atomic E-state index is 0.0370. The topological polar surface area (TPSA) is 146 Å². The van der Waals surface area contributed by atoms with Gasteiger partial charge in [0.1, 0.15) is 18.5 Å². The third-order valence-corrected chi connectivity index (χ3v) is 10.2. The van der Waals surface area contributed by atoms with Crippen molar-refractivity contribution in [3.63, 3.8) is 0 Å². The average molecular weight is 792 g/mol. The molecule has 1 aliphatic heterocycles. The van der Waals surface area contributed by atoms with Crippen molar-refractivity contribution in [2.75, 3.05) is 6.61 Å². The number of nitrogens with zero attached hydrogens (tertiary/aromatic N) is 7. The van der Waals surface area contributed by atoms with Crippen molar-refractivity contribution < 1.29 is 40.7 Å². The molecule has 3 aliphatic rings. The van der Waals surface area contributed by atoms with Crippen LogP contribution in [-0.4, -0.2) is 65.7 Å². The highest BCUT2D eigenvalue weighted by molar-refractivity contribution is 6.32. The molecule has 12 nitrogen and oxygen atoms in total. The number of hydrogen-bond acceptors (Lipinski definition) is 8. The van der Waals surface area contributed by atoms with Crippen molar-refractivity contribution in [1.29, 1.82) is 0 Å². The van der Waals surface area contributed by atoms with E-state index >= 15 is 0 Å². The van der Waals surface area contributed by atoms with Gasteiger partial charge in [-0.2, -0.15) is 22.7 Å². The molecule has 2 atom stereocenters. The number of aliphatic imine (C=N–C) groups is 1. The largest absolute Gasteiger partial charge is 0.447 e. The van der Waals surface area contributed by atoms with Crippen molar-refractivity contribution in [3.8, 4) is 16.8 Å². The summed E-state index contributed by atoms with van der Waals surface area (Å²) in [5, 5.41) is 9.72. The van der Waals surface area contributed by atoms with Gasteiger partial charge in [-0.05, 0) is 66.3 Å². The lowest BCUT2D eigenvalue weighted by Crippen LogP contribution is -2.50. The van der Waals surface area contributed by atoms with Crippen molar-refractivity contribution >= 4 is 29.6 Å². The van der Waals surface area contributed by atoms with Gasteiger partial charge in [0.2, 0.25) is 5.95 Å². The maximum Gasteiger partial charge on any atom is 0.411 e. The zero-order valence-corrected chi connectivity index (χ0v) is 30.5. The molecule has 2 fully saturated rings. The molecule has 19 heteroatoms. The predicted molar refractivity (Wildman–Crippen MR) is 187 cm³/mol. The highest BCUT2D eigenvalue weighted by Crippen LogP contribution is 2.49. The van der Waals surface area contributed by atoms with Crippen LogP contribution < -0.4 is 11.1 Å². The smallest absolute Gasteiger partial charge is 0.411 e. The molecule has 7 rings (SSSR count). The van der Waals surface area contributed by atoms with E-state index in [2.05, 4.69) is 15.2 Å². The maximum atomic E-state index is 15.0. The summed E-state index contributed by atoms with van der Waals surface area (Å²) < 4.78 is 91.4. The van der Waals surface area contributed by atoms with E-state index in [9.17, 15) is 35.9 Å². The van der Waals surface area contributed by atoms with Gasteiger partial charge < -0.3 is 15.8 Å². The average Bonchev–Trinajstić information content (AvgIpc) is 4.00. The number of carbonyl (C=O) groups excluding carboxylic acids is 2. The molecule has 4 aromatic rings. The fourth-order valence-electron chi connectivity index (χ4n) is 6.88. The number of benzene rings is 2. The van der Waals surface area contributed by atoms with Crippen LogP contribution in [0.5, 0.6) is 0 Å². The van der Waals surface area contributed by atoms with Crippen LogP contribution in [0.25, 0.3) is 16.8 Å². The Balaban J connectivity index is 1.27. The fourth-order valence-corrected chi connectivity index (χ4v) is 7.08. The second-order valence-corrected chi connectivity index (χ2v) is 15.6. The first-order chi connectivity index (χ1) is 25.8. The highest BCUT2D eigenvalue weighted by atomic mass is 35.5. The van der Waals surface area contributed by atoms with Crippen LogP contribution in [0.2, 0.25) is 5.02 Å².